The molecule has 11 heteroatoms. The molecule has 5 atom stereocenters. The number of fused-ring (bicyclic) bond motifs is 1. The van der Waals surface area contributed by atoms with E-state index in [0.29, 0.717) is 17.5 Å². The van der Waals surface area contributed by atoms with Crippen molar-refractivity contribution in [2.24, 2.45) is 0 Å². The number of phenols is 2. The molecule has 0 spiro atoms. The molecule has 1 aliphatic rings. The Balaban J connectivity index is 1.74. The lowest BCUT2D eigenvalue weighted by molar-refractivity contribution is -0.271. The molecule has 6 N–H and O–H groups in total. The monoisotopic (exact) mass is 474 g/mol. The molecule has 1 aliphatic heterocycles. The lowest BCUT2D eigenvalue weighted by atomic mass is 9.99. The van der Waals surface area contributed by atoms with Crippen LogP contribution in [0.2, 0.25) is 0 Å². The summed E-state index contributed by atoms with van der Waals surface area (Å²) in [4.78, 5) is 24.0. The molecule has 180 valence electrons. The van der Waals surface area contributed by atoms with Crippen LogP contribution in [0.5, 0.6) is 17.2 Å². The normalized spacial score (nSPS) is 24.8. The molecule has 0 radical (unpaired) electrons. The van der Waals surface area contributed by atoms with E-state index in [1.807, 2.05) is 6.92 Å². The second-order valence-electron chi connectivity index (χ2n) is 7.84. The van der Waals surface area contributed by atoms with E-state index in [1.54, 1.807) is 6.07 Å². The van der Waals surface area contributed by atoms with Gasteiger partial charge < -0.3 is 44.5 Å². The smallest absolute Gasteiger partial charge is 0.335 e. The van der Waals surface area contributed by atoms with Crippen LogP contribution in [0.3, 0.4) is 0 Å². The summed E-state index contributed by atoms with van der Waals surface area (Å²) >= 11 is 0. The van der Waals surface area contributed by atoms with E-state index in [1.165, 1.54) is 24.3 Å². The fourth-order valence-electron chi connectivity index (χ4n) is 3.84. The number of carboxylic acid groups (broad SMARTS) is 1. The maximum absolute atomic E-state index is 12.7. The first kappa shape index (κ1) is 23.5. The van der Waals surface area contributed by atoms with Gasteiger partial charge in [-0.2, -0.15) is 0 Å². The molecule has 5 unspecified atom stereocenters. The highest BCUT2D eigenvalue weighted by molar-refractivity contribution is 5.86. The fourth-order valence-corrected chi connectivity index (χ4v) is 3.84. The first-order valence-electron chi connectivity index (χ1n) is 10.3. The molecule has 2 aromatic carbocycles. The van der Waals surface area contributed by atoms with E-state index in [0.717, 1.165) is 6.07 Å². The van der Waals surface area contributed by atoms with Crippen molar-refractivity contribution in [2.45, 2.75) is 44.1 Å². The van der Waals surface area contributed by atoms with Gasteiger partial charge >= 0.3 is 5.97 Å². The zero-order valence-electron chi connectivity index (χ0n) is 17.8. The van der Waals surface area contributed by atoms with Crippen molar-refractivity contribution in [1.82, 2.24) is 0 Å². The van der Waals surface area contributed by atoms with Gasteiger partial charge in [0.2, 0.25) is 6.29 Å². The molecule has 1 saturated heterocycles. The van der Waals surface area contributed by atoms with Crippen molar-refractivity contribution in [2.75, 3.05) is 0 Å². The number of ether oxygens (including phenoxy) is 2. The Hall–Kier alpha value is -3.64. The summed E-state index contributed by atoms with van der Waals surface area (Å²) in [5, 5.41) is 59.1. The van der Waals surface area contributed by atoms with Crippen LogP contribution in [0.4, 0.5) is 0 Å². The molecule has 4 rings (SSSR count). The SMILES string of the molecule is CCc1cc(O)ccc1-c1cc(=O)c2c(O)cc(OC3OC(C(=O)O)C(O)C(O)C3O)cc2o1. The second kappa shape index (κ2) is 8.95. The first-order valence-corrected chi connectivity index (χ1v) is 10.3. The maximum atomic E-state index is 12.7. The average molecular weight is 474 g/mol. The predicted molar refractivity (Wildman–Crippen MR) is 116 cm³/mol. The summed E-state index contributed by atoms with van der Waals surface area (Å²) in [5.41, 5.74) is 0.643. The van der Waals surface area contributed by atoms with E-state index < -0.39 is 47.9 Å². The van der Waals surface area contributed by atoms with Crippen molar-refractivity contribution < 1.29 is 49.3 Å². The number of rotatable bonds is 5. The van der Waals surface area contributed by atoms with Crippen LogP contribution in [-0.4, -0.2) is 67.3 Å². The first-order chi connectivity index (χ1) is 16.1. The number of aliphatic hydroxyl groups is 3. The van der Waals surface area contributed by atoms with E-state index >= 15 is 0 Å². The van der Waals surface area contributed by atoms with Crippen molar-refractivity contribution in [1.29, 1.82) is 0 Å². The molecule has 1 aromatic heterocycles. The summed E-state index contributed by atoms with van der Waals surface area (Å²) in [6, 6.07) is 8.04. The lowest BCUT2D eigenvalue weighted by Crippen LogP contribution is -2.61. The number of carbonyl (C=O) groups is 1. The molecule has 0 amide bonds. The number of aromatic hydroxyl groups is 2. The third kappa shape index (κ3) is 4.17. The number of hydrogen-bond donors (Lipinski definition) is 6. The van der Waals surface area contributed by atoms with E-state index in [-0.39, 0.29) is 28.2 Å². The Kier molecular flexibility index (Phi) is 6.19. The Bertz CT molecular complexity index is 1300. The Morgan fingerprint density at radius 3 is 2.44 bits per heavy atom. The molecule has 2 heterocycles. The lowest BCUT2D eigenvalue weighted by Gasteiger charge is -2.38. The number of carboxylic acids is 1. The molecular formula is C23H22O11. The standard InChI is InChI=1S/C23H22O11/c1-2-9-5-10(24)3-4-12(9)15-8-14(26)17-13(25)6-11(7-16(17)33-15)32-23-20(29)18(27)19(28)21(34-23)22(30)31/h3-8,18-21,23-25,27-29H,2H2,1H3,(H,30,31). The van der Waals surface area contributed by atoms with Crippen molar-refractivity contribution in [3.8, 4) is 28.6 Å². The van der Waals surface area contributed by atoms with Crippen molar-refractivity contribution in [3.63, 3.8) is 0 Å². The topological polar surface area (TPSA) is 187 Å². The van der Waals surface area contributed by atoms with Crippen LogP contribution >= 0.6 is 0 Å². The highest BCUT2D eigenvalue weighted by Crippen LogP contribution is 2.34. The number of hydrogen-bond acceptors (Lipinski definition) is 10. The zero-order chi connectivity index (χ0) is 24.7. The number of aliphatic carboxylic acids is 1. The van der Waals surface area contributed by atoms with Crippen LogP contribution in [-0.2, 0) is 16.0 Å². The quantitative estimate of drug-likeness (QED) is 0.306. The zero-order valence-corrected chi connectivity index (χ0v) is 17.8. The summed E-state index contributed by atoms with van der Waals surface area (Å²) in [6.45, 7) is 1.86. The van der Waals surface area contributed by atoms with Crippen molar-refractivity contribution in [3.05, 3.63) is 52.2 Å². The maximum Gasteiger partial charge on any atom is 0.335 e. The van der Waals surface area contributed by atoms with Gasteiger partial charge in [-0.1, -0.05) is 6.92 Å². The number of benzene rings is 2. The van der Waals surface area contributed by atoms with E-state index in [4.69, 9.17) is 13.9 Å². The Morgan fingerprint density at radius 2 is 1.76 bits per heavy atom. The highest BCUT2D eigenvalue weighted by atomic mass is 16.7. The molecule has 34 heavy (non-hydrogen) atoms. The van der Waals surface area contributed by atoms with Crippen molar-refractivity contribution >= 4 is 16.9 Å². The van der Waals surface area contributed by atoms with Gasteiger partial charge in [0.1, 0.15) is 52.3 Å². The van der Waals surface area contributed by atoms with Gasteiger partial charge in [-0.15, -0.1) is 0 Å². The van der Waals surface area contributed by atoms with Crippen LogP contribution in [0.1, 0.15) is 12.5 Å². The van der Waals surface area contributed by atoms with Crippen LogP contribution in [0, 0.1) is 0 Å². The highest BCUT2D eigenvalue weighted by Gasteiger charge is 2.48. The summed E-state index contributed by atoms with van der Waals surface area (Å²) in [7, 11) is 0. The van der Waals surface area contributed by atoms with Gasteiger partial charge in [0.15, 0.2) is 11.5 Å². The second-order valence-corrected chi connectivity index (χ2v) is 7.84. The molecule has 0 aliphatic carbocycles. The number of aliphatic hydroxyl groups excluding tert-OH is 3. The van der Waals surface area contributed by atoms with E-state index in [9.17, 15) is 40.2 Å². The minimum absolute atomic E-state index is 0.0510. The van der Waals surface area contributed by atoms with Crippen LogP contribution < -0.4 is 10.2 Å². The minimum Gasteiger partial charge on any atom is -0.508 e. The molecule has 3 aromatic rings. The van der Waals surface area contributed by atoms with Gasteiger partial charge in [0.25, 0.3) is 0 Å². The third-order valence-corrected chi connectivity index (χ3v) is 5.58. The average Bonchev–Trinajstić information content (AvgIpc) is 2.78. The summed E-state index contributed by atoms with van der Waals surface area (Å²) in [6.07, 6.45) is -8.63. The molecule has 0 bridgehead atoms. The van der Waals surface area contributed by atoms with Gasteiger partial charge in [-0.3, -0.25) is 4.79 Å². The summed E-state index contributed by atoms with van der Waals surface area (Å²) in [5.74, 6) is -2.03. The van der Waals surface area contributed by atoms with Gasteiger partial charge in [-0.05, 0) is 30.2 Å². The van der Waals surface area contributed by atoms with E-state index in [2.05, 4.69) is 0 Å². The molecule has 11 nitrogen and oxygen atoms in total. The predicted octanol–water partition coefficient (Wildman–Crippen LogP) is 0.705. The molecule has 1 fully saturated rings. The molecule has 0 saturated carbocycles. The third-order valence-electron chi connectivity index (χ3n) is 5.58. The fraction of sp³-hybridized carbons (Fsp3) is 0.304. The van der Waals surface area contributed by atoms with Gasteiger partial charge in [0, 0.05) is 23.8 Å². The largest absolute Gasteiger partial charge is 0.508 e. The van der Waals surface area contributed by atoms with Gasteiger partial charge in [0.05, 0.1) is 0 Å². The molecular weight excluding hydrogens is 452 g/mol. The number of phenolic OH excluding ortho intramolecular Hbond substituents is 2. The number of aryl methyl sites for hydroxylation is 1. The Labute approximate surface area is 191 Å². The van der Waals surface area contributed by atoms with Gasteiger partial charge in [-0.25, -0.2) is 4.79 Å². The minimum atomic E-state index is -1.89. The Morgan fingerprint density at radius 1 is 1.03 bits per heavy atom. The van der Waals surface area contributed by atoms with Crippen LogP contribution in [0.25, 0.3) is 22.3 Å². The van der Waals surface area contributed by atoms with Crippen LogP contribution in [0.15, 0.2) is 45.6 Å². The summed E-state index contributed by atoms with van der Waals surface area (Å²) < 4.78 is 16.4.